The first kappa shape index (κ1) is 40.2. The summed E-state index contributed by atoms with van der Waals surface area (Å²) in [6, 6.07) is 7.82. The number of hydrogen-bond donors (Lipinski definition) is 3. The van der Waals surface area contributed by atoms with Crippen LogP contribution >= 0.6 is 0 Å². The molecule has 0 spiro atoms. The number of benzene rings is 1. The van der Waals surface area contributed by atoms with Gasteiger partial charge < -0.3 is 29.5 Å². The summed E-state index contributed by atoms with van der Waals surface area (Å²) in [6.07, 6.45) is 18.6. The van der Waals surface area contributed by atoms with Crippen LogP contribution in [0.1, 0.15) is 79.2 Å². The first-order valence-electron chi connectivity index (χ1n) is 18.0. The van der Waals surface area contributed by atoms with Gasteiger partial charge in [0, 0.05) is 42.6 Å². The zero-order valence-corrected chi connectivity index (χ0v) is 30.4. The minimum atomic E-state index is -0.712. The van der Waals surface area contributed by atoms with E-state index in [0.29, 0.717) is 19.4 Å². The van der Waals surface area contributed by atoms with Crippen molar-refractivity contribution in [2.24, 2.45) is 35.5 Å². The van der Waals surface area contributed by atoms with E-state index < -0.39 is 30.4 Å². The standard InChI is InChI=1S/C42H60O7/c1-8-9-12-31(5)42-33(7)38(43)24-15-28(2)25-32(6)41(46)30(4)16-19-37(26-39(44)29(3)13-10-11-14-40(45)49-42)47-27-34-17-20-35(21-18-34)48-36-22-23-36/h8-14,16-22,28-33,37-39,41-44,46H,1,15,23-27H2,2-7H3. The summed E-state index contributed by atoms with van der Waals surface area (Å²) in [4.78, 5) is 12.9. The fraction of sp³-hybridized carbons (Fsp3) is 0.548. The van der Waals surface area contributed by atoms with Gasteiger partial charge in [-0.15, -0.1) is 0 Å². The van der Waals surface area contributed by atoms with Crippen LogP contribution in [0, 0.1) is 35.5 Å². The third kappa shape index (κ3) is 14.3. The summed E-state index contributed by atoms with van der Waals surface area (Å²) >= 11 is 0. The van der Waals surface area contributed by atoms with Crippen LogP contribution in [0.4, 0.5) is 0 Å². The van der Waals surface area contributed by atoms with Crippen LogP contribution in [-0.4, -0.2) is 51.8 Å². The molecule has 1 aromatic rings. The van der Waals surface area contributed by atoms with Crippen molar-refractivity contribution in [3.05, 3.63) is 103 Å². The zero-order chi connectivity index (χ0) is 35.9. The molecule has 0 amide bonds. The van der Waals surface area contributed by atoms with E-state index in [-0.39, 0.29) is 41.6 Å². The Hall–Kier alpha value is -3.23. The van der Waals surface area contributed by atoms with E-state index in [0.717, 1.165) is 36.3 Å². The van der Waals surface area contributed by atoms with E-state index in [9.17, 15) is 20.1 Å². The van der Waals surface area contributed by atoms with E-state index in [2.05, 4.69) is 20.4 Å². The Bertz CT molecular complexity index is 1310. The average Bonchev–Trinajstić information content (AvgIpc) is 3.91. The Morgan fingerprint density at radius 1 is 0.939 bits per heavy atom. The molecule has 0 saturated heterocycles. The Morgan fingerprint density at radius 3 is 2.33 bits per heavy atom. The van der Waals surface area contributed by atoms with Crippen molar-refractivity contribution in [2.45, 2.75) is 111 Å². The SMILES string of the molecule is C=CC=CC(C)C1OC(=O)C=CC=CC(C)C(O)CC(OCc2ccc(OC3=CC3)cc2)C=CC(C)C(O)C(C)CC(C)CCC(O)C1C. The quantitative estimate of drug-likeness (QED) is 0.145. The fourth-order valence-electron chi connectivity index (χ4n) is 6.28. The molecule has 49 heavy (non-hydrogen) atoms. The molecule has 270 valence electrons. The number of aliphatic hydroxyl groups excluding tert-OH is 3. The van der Waals surface area contributed by atoms with Gasteiger partial charge in [0.1, 0.15) is 17.6 Å². The first-order valence-corrected chi connectivity index (χ1v) is 18.0. The van der Waals surface area contributed by atoms with E-state index in [1.165, 1.54) is 6.08 Å². The molecule has 3 N–H and O–H groups in total. The van der Waals surface area contributed by atoms with Crippen LogP contribution in [-0.2, 0) is 20.9 Å². The number of rotatable bonds is 8. The minimum absolute atomic E-state index is 0.0360. The largest absolute Gasteiger partial charge is 0.462 e. The van der Waals surface area contributed by atoms with E-state index in [1.807, 2.05) is 88.4 Å². The smallest absolute Gasteiger partial charge is 0.331 e. The number of ether oxygens (including phenoxy) is 3. The van der Waals surface area contributed by atoms with Gasteiger partial charge in [-0.2, -0.15) is 0 Å². The van der Waals surface area contributed by atoms with E-state index >= 15 is 0 Å². The molecule has 0 saturated carbocycles. The van der Waals surface area contributed by atoms with E-state index in [1.54, 1.807) is 18.2 Å². The zero-order valence-electron chi connectivity index (χ0n) is 30.4. The van der Waals surface area contributed by atoms with Gasteiger partial charge in [0.15, 0.2) is 0 Å². The van der Waals surface area contributed by atoms with Gasteiger partial charge in [0.25, 0.3) is 0 Å². The molecule has 7 heteroatoms. The number of carbonyl (C=O) groups is 1. The number of aliphatic hydroxyl groups is 3. The summed E-state index contributed by atoms with van der Waals surface area (Å²) in [6.45, 7) is 16.1. The molecule has 1 aliphatic carbocycles. The number of carbonyl (C=O) groups excluding carboxylic acids is 1. The van der Waals surface area contributed by atoms with Crippen molar-refractivity contribution in [2.75, 3.05) is 0 Å². The van der Waals surface area contributed by atoms with Gasteiger partial charge in [-0.3, -0.25) is 0 Å². The third-order valence-electron chi connectivity index (χ3n) is 9.77. The normalized spacial score (nSPS) is 33.2. The number of hydrogen-bond acceptors (Lipinski definition) is 7. The highest BCUT2D eigenvalue weighted by Crippen LogP contribution is 2.29. The highest BCUT2D eigenvalue weighted by atomic mass is 16.5. The maximum atomic E-state index is 12.9. The van der Waals surface area contributed by atoms with Gasteiger partial charge in [-0.05, 0) is 54.9 Å². The van der Waals surface area contributed by atoms with Gasteiger partial charge in [-0.1, -0.05) is 109 Å². The van der Waals surface area contributed by atoms with Crippen molar-refractivity contribution < 1.29 is 34.3 Å². The number of allylic oxidation sites excluding steroid dienone is 6. The summed E-state index contributed by atoms with van der Waals surface area (Å²) in [5.74, 6) is 0.843. The lowest BCUT2D eigenvalue weighted by Crippen LogP contribution is -2.37. The van der Waals surface area contributed by atoms with Crippen LogP contribution < -0.4 is 4.74 Å². The van der Waals surface area contributed by atoms with Crippen LogP contribution in [0.3, 0.4) is 0 Å². The maximum absolute atomic E-state index is 12.9. The summed E-state index contributed by atoms with van der Waals surface area (Å²) in [7, 11) is 0. The fourth-order valence-corrected chi connectivity index (χ4v) is 6.28. The molecule has 1 heterocycles. The molecule has 11 atom stereocenters. The summed E-state index contributed by atoms with van der Waals surface area (Å²) in [5.41, 5.74) is 0.992. The molecule has 1 aromatic carbocycles. The maximum Gasteiger partial charge on any atom is 0.331 e. The number of esters is 1. The molecule has 2 aliphatic rings. The second-order valence-corrected chi connectivity index (χ2v) is 14.3. The average molecular weight is 677 g/mol. The van der Waals surface area contributed by atoms with Crippen molar-refractivity contribution >= 4 is 5.97 Å². The monoisotopic (exact) mass is 676 g/mol. The molecule has 7 nitrogen and oxygen atoms in total. The Kier molecular flexibility index (Phi) is 16.8. The van der Waals surface area contributed by atoms with Gasteiger partial charge in [0.2, 0.25) is 0 Å². The van der Waals surface area contributed by atoms with E-state index in [4.69, 9.17) is 14.2 Å². The lowest BCUT2D eigenvalue weighted by molar-refractivity contribution is -0.150. The predicted octanol–water partition coefficient (Wildman–Crippen LogP) is 8.03. The van der Waals surface area contributed by atoms with Crippen LogP contribution in [0.15, 0.2) is 97.4 Å². The van der Waals surface area contributed by atoms with Gasteiger partial charge in [-0.25, -0.2) is 4.79 Å². The molecule has 11 unspecified atom stereocenters. The molecule has 0 aromatic heterocycles. The highest BCUT2D eigenvalue weighted by molar-refractivity contribution is 5.82. The summed E-state index contributed by atoms with van der Waals surface area (Å²) < 4.78 is 18.0. The highest BCUT2D eigenvalue weighted by Gasteiger charge is 2.31. The van der Waals surface area contributed by atoms with Crippen LogP contribution in [0.25, 0.3) is 0 Å². The van der Waals surface area contributed by atoms with Crippen LogP contribution in [0.5, 0.6) is 5.75 Å². The predicted molar refractivity (Wildman–Crippen MR) is 196 cm³/mol. The molecule has 1 aliphatic heterocycles. The molecule has 0 radical (unpaired) electrons. The molecule has 0 bridgehead atoms. The Labute approximate surface area is 294 Å². The molecule has 3 rings (SSSR count). The number of cyclic esters (lactones) is 1. The minimum Gasteiger partial charge on any atom is -0.462 e. The Morgan fingerprint density at radius 2 is 1.65 bits per heavy atom. The molecular weight excluding hydrogens is 616 g/mol. The lowest BCUT2D eigenvalue weighted by atomic mass is 9.82. The first-order chi connectivity index (χ1) is 23.4. The van der Waals surface area contributed by atoms with Gasteiger partial charge >= 0.3 is 5.97 Å². The summed E-state index contributed by atoms with van der Waals surface area (Å²) in [5, 5.41) is 33.6. The molecule has 0 fully saturated rings. The second-order valence-electron chi connectivity index (χ2n) is 14.3. The topological polar surface area (TPSA) is 105 Å². The lowest BCUT2D eigenvalue weighted by Gasteiger charge is -2.31. The molecular formula is C42H60O7. The van der Waals surface area contributed by atoms with Crippen molar-refractivity contribution in [1.82, 2.24) is 0 Å². The van der Waals surface area contributed by atoms with Crippen LogP contribution in [0.2, 0.25) is 0 Å². The van der Waals surface area contributed by atoms with Crippen molar-refractivity contribution in [1.29, 1.82) is 0 Å². The van der Waals surface area contributed by atoms with Crippen molar-refractivity contribution in [3.8, 4) is 5.75 Å². The Balaban J connectivity index is 1.79. The third-order valence-corrected chi connectivity index (χ3v) is 9.77. The van der Waals surface area contributed by atoms with Crippen molar-refractivity contribution in [3.63, 3.8) is 0 Å². The van der Waals surface area contributed by atoms with Gasteiger partial charge in [0.05, 0.1) is 31.0 Å². The second kappa shape index (κ2) is 20.4.